The topological polar surface area (TPSA) is 71.0 Å². The molecule has 6 nitrogen and oxygen atoms in total. The maximum absolute atomic E-state index is 12.6. The quantitative estimate of drug-likeness (QED) is 0.651. The van der Waals surface area contributed by atoms with Crippen molar-refractivity contribution in [2.24, 2.45) is 5.92 Å². The minimum absolute atomic E-state index is 0.0477. The van der Waals surface area contributed by atoms with E-state index in [-0.39, 0.29) is 17.9 Å². The lowest BCUT2D eigenvalue weighted by Gasteiger charge is -2.52. The van der Waals surface area contributed by atoms with Gasteiger partial charge in [-0.15, -0.1) is 0 Å². The van der Waals surface area contributed by atoms with E-state index < -0.39 is 5.60 Å². The number of fused-ring (bicyclic) bond motifs is 1. The Morgan fingerprint density at radius 1 is 1.28 bits per heavy atom. The molecule has 1 heterocycles. The zero-order chi connectivity index (χ0) is 20.9. The van der Waals surface area contributed by atoms with Crippen molar-refractivity contribution in [3.8, 4) is 11.5 Å². The fourth-order valence-corrected chi connectivity index (χ4v) is 5.05. The molecule has 2 N–H and O–H groups in total. The number of carbonyl (C=O) groups excluding carboxylic acids is 1. The molecule has 1 aromatic rings. The van der Waals surface area contributed by atoms with Crippen molar-refractivity contribution in [1.29, 1.82) is 0 Å². The van der Waals surface area contributed by atoms with Gasteiger partial charge in [0.15, 0.2) is 0 Å². The van der Waals surface area contributed by atoms with Crippen LogP contribution in [0.15, 0.2) is 18.2 Å². The van der Waals surface area contributed by atoms with Crippen LogP contribution >= 0.6 is 0 Å². The molecule has 2 aliphatic rings. The van der Waals surface area contributed by atoms with Crippen LogP contribution in [0.1, 0.15) is 63.5 Å². The summed E-state index contributed by atoms with van der Waals surface area (Å²) in [7, 11) is 3.32. The third-order valence-electron chi connectivity index (χ3n) is 6.63. The van der Waals surface area contributed by atoms with E-state index in [1.165, 1.54) is 0 Å². The number of nitrogens with zero attached hydrogens (tertiary/aromatic N) is 1. The first kappa shape index (κ1) is 21.9. The molecule has 1 amide bonds. The Hall–Kier alpha value is -1.79. The van der Waals surface area contributed by atoms with Crippen LogP contribution in [0, 0.1) is 5.92 Å². The monoisotopic (exact) mass is 404 g/mol. The zero-order valence-corrected chi connectivity index (χ0v) is 18.1. The third kappa shape index (κ3) is 4.86. The second-order valence-corrected chi connectivity index (χ2v) is 8.43. The van der Waals surface area contributed by atoms with Crippen molar-refractivity contribution in [3.63, 3.8) is 0 Å². The van der Waals surface area contributed by atoms with Gasteiger partial charge in [0, 0.05) is 30.6 Å². The second kappa shape index (κ2) is 9.81. The number of amides is 1. The average molecular weight is 405 g/mol. The van der Waals surface area contributed by atoms with Crippen molar-refractivity contribution in [1.82, 2.24) is 10.2 Å². The molecule has 1 aliphatic carbocycles. The summed E-state index contributed by atoms with van der Waals surface area (Å²) in [5.74, 6) is 1.67. The van der Waals surface area contributed by atoms with Crippen LogP contribution in [0.2, 0.25) is 0 Å². The van der Waals surface area contributed by atoms with E-state index in [9.17, 15) is 9.90 Å². The van der Waals surface area contributed by atoms with E-state index in [0.29, 0.717) is 26.1 Å². The normalized spacial score (nSPS) is 27.2. The highest BCUT2D eigenvalue weighted by Gasteiger charge is 2.49. The predicted molar refractivity (Wildman–Crippen MR) is 113 cm³/mol. The molecule has 29 heavy (non-hydrogen) atoms. The first-order valence-electron chi connectivity index (χ1n) is 11.0. The van der Waals surface area contributed by atoms with Crippen LogP contribution in [0.25, 0.3) is 0 Å². The van der Waals surface area contributed by atoms with Gasteiger partial charge < -0.3 is 19.9 Å². The number of hydrogen-bond acceptors (Lipinski definition) is 5. The van der Waals surface area contributed by atoms with Crippen LogP contribution in [-0.2, 0) is 4.79 Å². The molecular formula is C23H36N2O4. The summed E-state index contributed by atoms with van der Waals surface area (Å²) in [6.45, 7) is 3.86. The van der Waals surface area contributed by atoms with Gasteiger partial charge in [0.1, 0.15) is 11.5 Å². The van der Waals surface area contributed by atoms with Crippen molar-refractivity contribution >= 4 is 5.91 Å². The Morgan fingerprint density at radius 3 is 2.83 bits per heavy atom. The van der Waals surface area contributed by atoms with E-state index in [1.807, 2.05) is 18.2 Å². The van der Waals surface area contributed by atoms with Gasteiger partial charge in [-0.05, 0) is 43.9 Å². The number of benzene rings is 1. The van der Waals surface area contributed by atoms with Crippen molar-refractivity contribution in [2.75, 3.05) is 33.9 Å². The first-order valence-corrected chi connectivity index (χ1v) is 11.0. The van der Waals surface area contributed by atoms with Gasteiger partial charge in [-0.25, -0.2) is 0 Å². The summed E-state index contributed by atoms with van der Waals surface area (Å²) in [4.78, 5) is 14.8. The van der Waals surface area contributed by atoms with Gasteiger partial charge >= 0.3 is 0 Å². The number of unbranched alkanes of at least 4 members (excludes halogenated alkanes) is 1. The Kier molecular flexibility index (Phi) is 7.41. The summed E-state index contributed by atoms with van der Waals surface area (Å²) >= 11 is 0. The third-order valence-corrected chi connectivity index (χ3v) is 6.63. The summed E-state index contributed by atoms with van der Waals surface area (Å²) in [5.41, 5.74) is 0.324. The number of aliphatic hydroxyl groups is 1. The molecule has 3 atom stereocenters. The second-order valence-electron chi connectivity index (χ2n) is 8.43. The molecule has 2 fully saturated rings. The summed E-state index contributed by atoms with van der Waals surface area (Å²) in [6, 6.07) is 5.74. The number of methoxy groups -OCH3 is 2. The molecule has 1 aliphatic heterocycles. The van der Waals surface area contributed by atoms with E-state index in [2.05, 4.69) is 17.1 Å². The number of carbonyl (C=O) groups is 1. The van der Waals surface area contributed by atoms with E-state index >= 15 is 0 Å². The fourth-order valence-electron chi connectivity index (χ4n) is 5.05. The minimum atomic E-state index is -0.674. The first-order chi connectivity index (χ1) is 14.0. The van der Waals surface area contributed by atoms with Crippen molar-refractivity contribution < 1.29 is 19.4 Å². The number of piperidine rings is 1. The SMILES string of the molecule is CCCCNC(=O)CN1CC[C@@]2(O)CCCC[C@@H]2[C@@H]1c1cc(OC)ccc1OC. The predicted octanol–water partition coefficient (Wildman–Crippen LogP) is 3.29. The molecule has 0 spiro atoms. The molecule has 0 aromatic heterocycles. The van der Waals surface area contributed by atoms with Crippen molar-refractivity contribution in [3.05, 3.63) is 23.8 Å². The smallest absolute Gasteiger partial charge is 0.234 e. The Bertz CT molecular complexity index is 695. The zero-order valence-electron chi connectivity index (χ0n) is 18.1. The minimum Gasteiger partial charge on any atom is -0.497 e. The molecule has 3 rings (SSSR count). The van der Waals surface area contributed by atoms with E-state index in [4.69, 9.17) is 9.47 Å². The lowest BCUT2D eigenvalue weighted by molar-refractivity contribution is -0.138. The maximum Gasteiger partial charge on any atom is 0.234 e. The molecule has 0 unspecified atom stereocenters. The summed E-state index contributed by atoms with van der Waals surface area (Å²) in [6.07, 6.45) is 6.71. The molecular weight excluding hydrogens is 368 g/mol. The summed E-state index contributed by atoms with van der Waals surface area (Å²) in [5, 5.41) is 14.5. The van der Waals surface area contributed by atoms with Crippen LogP contribution in [-0.4, -0.2) is 55.4 Å². The highest BCUT2D eigenvalue weighted by molar-refractivity contribution is 5.78. The molecule has 1 saturated carbocycles. The fraction of sp³-hybridized carbons (Fsp3) is 0.696. The molecule has 1 aromatic carbocycles. The largest absolute Gasteiger partial charge is 0.497 e. The summed E-state index contributed by atoms with van der Waals surface area (Å²) < 4.78 is 11.2. The number of likely N-dealkylation sites (tertiary alicyclic amines) is 1. The van der Waals surface area contributed by atoms with E-state index in [1.54, 1.807) is 14.2 Å². The average Bonchev–Trinajstić information content (AvgIpc) is 2.73. The van der Waals surface area contributed by atoms with Gasteiger partial charge in [0.25, 0.3) is 0 Å². The standard InChI is InChI=1S/C23H36N2O4/c1-4-5-13-24-21(26)16-25-14-12-23(27)11-7-6-8-19(23)22(25)18-15-17(28-2)9-10-20(18)29-3/h9-10,15,19,22,27H,4-8,11-14,16H2,1-3H3,(H,24,26)/t19-,22+,23+/m1/s1. The Labute approximate surface area is 174 Å². The van der Waals surface area contributed by atoms with Crippen LogP contribution < -0.4 is 14.8 Å². The highest BCUT2D eigenvalue weighted by atomic mass is 16.5. The highest BCUT2D eigenvalue weighted by Crippen LogP contribution is 2.51. The van der Waals surface area contributed by atoms with E-state index in [0.717, 1.165) is 55.6 Å². The van der Waals surface area contributed by atoms with Gasteiger partial charge in [0.2, 0.25) is 5.91 Å². The number of hydrogen-bond donors (Lipinski definition) is 2. The Morgan fingerprint density at radius 2 is 2.10 bits per heavy atom. The number of rotatable bonds is 8. The maximum atomic E-state index is 12.6. The van der Waals surface area contributed by atoms with Crippen LogP contribution in [0.5, 0.6) is 11.5 Å². The lowest BCUT2D eigenvalue weighted by Crippen LogP contribution is -2.56. The van der Waals surface area contributed by atoms with Crippen LogP contribution in [0.3, 0.4) is 0 Å². The Balaban J connectivity index is 1.92. The van der Waals surface area contributed by atoms with Crippen molar-refractivity contribution in [2.45, 2.75) is 63.5 Å². The molecule has 0 bridgehead atoms. The molecule has 1 saturated heterocycles. The molecule has 6 heteroatoms. The van der Waals surface area contributed by atoms with Crippen LogP contribution in [0.4, 0.5) is 0 Å². The van der Waals surface area contributed by atoms with Gasteiger partial charge in [-0.3, -0.25) is 9.69 Å². The van der Waals surface area contributed by atoms with Gasteiger partial charge in [0.05, 0.1) is 26.4 Å². The molecule has 162 valence electrons. The van der Waals surface area contributed by atoms with Gasteiger partial charge in [-0.2, -0.15) is 0 Å². The number of nitrogens with one attached hydrogen (secondary N) is 1. The molecule has 0 radical (unpaired) electrons. The van der Waals surface area contributed by atoms with Gasteiger partial charge in [-0.1, -0.05) is 26.2 Å². The lowest BCUT2D eigenvalue weighted by atomic mass is 9.66. The number of ether oxygens (including phenoxy) is 2.